The molecule has 0 bridgehead atoms. The maximum absolute atomic E-state index is 12.9. The van der Waals surface area contributed by atoms with Gasteiger partial charge < -0.3 is 14.2 Å². The number of imidazole rings is 1. The minimum absolute atomic E-state index is 0.183. The van der Waals surface area contributed by atoms with Crippen molar-refractivity contribution < 1.29 is 9.53 Å². The molecule has 1 fully saturated rings. The van der Waals surface area contributed by atoms with Gasteiger partial charge in [-0.05, 0) is 24.6 Å². The van der Waals surface area contributed by atoms with Crippen LogP contribution in [0.4, 0.5) is 0 Å². The Hall–Kier alpha value is -2.35. The third-order valence-electron chi connectivity index (χ3n) is 5.96. The number of aromatic nitrogens is 2. The number of ether oxygens (including phenoxy) is 1. The number of carbonyl (C=O) groups is 1. The zero-order valence-corrected chi connectivity index (χ0v) is 19.1. The van der Waals surface area contributed by atoms with Gasteiger partial charge in [0.25, 0.3) is 0 Å². The van der Waals surface area contributed by atoms with E-state index in [4.69, 9.17) is 9.72 Å². The molecule has 7 heteroatoms. The molecule has 31 heavy (non-hydrogen) atoms. The van der Waals surface area contributed by atoms with E-state index in [1.807, 2.05) is 29.2 Å². The molecule has 4 rings (SSSR count). The van der Waals surface area contributed by atoms with Gasteiger partial charge >= 0.3 is 0 Å². The fraction of sp³-hybridized carbons (Fsp3) is 0.417. The number of carbonyl (C=O) groups excluding carboxylic acids is 1. The van der Waals surface area contributed by atoms with Crippen LogP contribution < -0.4 is 0 Å². The maximum atomic E-state index is 12.9. The lowest BCUT2D eigenvalue weighted by molar-refractivity contribution is -0.130. The minimum atomic E-state index is 0.183. The highest BCUT2D eigenvalue weighted by Gasteiger charge is 2.25. The maximum Gasteiger partial charge on any atom is 0.233 e. The topological polar surface area (TPSA) is 50.6 Å². The summed E-state index contributed by atoms with van der Waals surface area (Å²) in [5.74, 6) is 0.590. The number of para-hydroxylation sites is 2. The summed E-state index contributed by atoms with van der Waals surface area (Å²) in [6, 6.07) is 19.0. The summed E-state index contributed by atoms with van der Waals surface area (Å²) in [7, 11) is 1.70. The standard InChI is InChI=1S/C24H30N4O2S/c1-19(20-8-4-3-5-9-20)26-12-14-27(15-13-26)23(29)18-31-24-25-21-10-6-7-11-22(21)28(24)16-17-30-2/h3-11,19H,12-18H2,1-2H3. The van der Waals surface area contributed by atoms with Crippen molar-refractivity contribution in [2.45, 2.75) is 24.7 Å². The van der Waals surface area contributed by atoms with Crippen LogP contribution in [0.5, 0.6) is 0 Å². The summed E-state index contributed by atoms with van der Waals surface area (Å²) in [6.45, 7) is 6.94. The van der Waals surface area contributed by atoms with Gasteiger partial charge in [-0.25, -0.2) is 4.98 Å². The number of hydrogen-bond acceptors (Lipinski definition) is 5. The molecule has 0 N–H and O–H groups in total. The van der Waals surface area contributed by atoms with E-state index in [0.717, 1.165) is 48.9 Å². The van der Waals surface area contributed by atoms with Crippen LogP contribution >= 0.6 is 11.8 Å². The monoisotopic (exact) mass is 438 g/mol. The van der Waals surface area contributed by atoms with E-state index in [0.29, 0.717) is 18.4 Å². The molecule has 1 aromatic heterocycles. The minimum Gasteiger partial charge on any atom is -0.383 e. The number of piperazine rings is 1. The fourth-order valence-electron chi connectivity index (χ4n) is 4.08. The molecule has 3 aromatic rings. The third kappa shape index (κ3) is 5.11. The zero-order chi connectivity index (χ0) is 21.6. The van der Waals surface area contributed by atoms with Crippen molar-refractivity contribution >= 4 is 28.7 Å². The SMILES string of the molecule is COCCn1c(SCC(=O)N2CCN(C(C)c3ccccc3)CC2)nc2ccccc21. The van der Waals surface area contributed by atoms with Crippen molar-refractivity contribution in [2.24, 2.45) is 0 Å². The van der Waals surface area contributed by atoms with Crippen LogP contribution in [-0.4, -0.2) is 70.9 Å². The molecular weight excluding hydrogens is 408 g/mol. The first kappa shape index (κ1) is 21.9. The first-order valence-corrected chi connectivity index (χ1v) is 11.8. The van der Waals surface area contributed by atoms with E-state index >= 15 is 0 Å². The van der Waals surface area contributed by atoms with Gasteiger partial charge in [0.05, 0.1) is 23.4 Å². The predicted molar refractivity (Wildman–Crippen MR) is 125 cm³/mol. The lowest BCUT2D eigenvalue weighted by atomic mass is 10.1. The lowest BCUT2D eigenvalue weighted by Crippen LogP contribution is -2.49. The highest BCUT2D eigenvalue weighted by atomic mass is 32.2. The van der Waals surface area contributed by atoms with Crippen molar-refractivity contribution in [2.75, 3.05) is 45.6 Å². The number of nitrogens with zero attached hydrogens (tertiary/aromatic N) is 4. The smallest absolute Gasteiger partial charge is 0.233 e. The molecule has 0 aliphatic carbocycles. The largest absolute Gasteiger partial charge is 0.383 e. The first-order valence-electron chi connectivity index (χ1n) is 10.8. The quantitative estimate of drug-likeness (QED) is 0.502. The van der Waals surface area contributed by atoms with Gasteiger partial charge in [0.15, 0.2) is 5.16 Å². The second-order valence-electron chi connectivity index (χ2n) is 7.82. The van der Waals surface area contributed by atoms with Crippen LogP contribution in [0.25, 0.3) is 11.0 Å². The zero-order valence-electron chi connectivity index (χ0n) is 18.2. The van der Waals surface area contributed by atoms with E-state index in [9.17, 15) is 4.79 Å². The molecule has 164 valence electrons. The number of methoxy groups -OCH3 is 1. The highest BCUT2D eigenvalue weighted by Crippen LogP contribution is 2.25. The molecule has 1 aliphatic heterocycles. The van der Waals surface area contributed by atoms with Gasteiger partial charge in [-0.1, -0.05) is 54.2 Å². The van der Waals surface area contributed by atoms with Crippen LogP contribution in [0.3, 0.4) is 0 Å². The summed E-state index contributed by atoms with van der Waals surface area (Å²) in [5, 5.41) is 0.878. The third-order valence-corrected chi connectivity index (χ3v) is 6.92. The molecular formula is C24H30N4O2S. The van der Waals surface area contributed by atoms with E-state index < -0.39 is 0 Å². The Kier molecular flexibility index (Phi) is 7.27. The Bertz CT molecular complexity index is 999. The number of hydrogen-bond donors (Lipinski definition) is 0. The van der Waals surface area contributed by atoms with Crippen molar-refractivity contribution in [3.05, 3.63) is 60.2 Å². The molecule has 2 aromatic carbocycles. The molecule has 0 saturated carbocycles. The Morgan fingerprint density at radius 2 is 1.77 bits per heavy atom. The molecule has 1 atom stereocenters. The molecule has 0 spiro atoms. The molecule has 0 radical (unpaired) electrons. The van der Waals surface area contributed by atoms with Gasteiger partial charge in [0, 0.05) is 45.9 Å². The number of fused-ring (bicyclic) bond motifs is 1. The van der Waals surface area contributed by atoms with Crippen LogP contribution in [-0.2, 0) is 16.1 Å². The molecule has 1 unspecified atom stereocenters. The summed E-state index contributed by atoms with van der Waals surface area (Å²) >= 11 is 1.52. The van der Waals surface area contributed by atoms with Gasteiger partial charge in [0.2, 0.25) is 5.91 Å². The van der Waals surface area contributed by atoms with Crippen LogP contribution in [0.2, 0.25) is 0 Å². The molecule has 2 heterocycles. The second-order valence-corrected chi connectivity index (χ2v) is 8.76. The highest BCUT2D eigenvalue weighted by molar-refractivity contribution is 7.99. The van der Waals surface area contributed by atoms with Crippen LogP contribution in [0.15, 0.2) is 59.8 Å². The lowest BCUT2D eigenvalue weighted by Gasteiger charge is -2.38. The average Bonchev–Trinajstić information content (AvgIpc) is 3.18. The summed E-state index contributed by atoms with van der Waals surface area (Å²) in [6.07, 6.45) is 0. The number of rotatable bonds is 8. The van der Waals surface area contributed by atoms with E-state index in [1.165, 1.54) is 17.3 Å². The Morgan fingerprint density at radius 1 is 1.06 bits per heavy atom. The normalized spacial score (nSPS) is 16.0. The summed E-state index contributed by atoms with van der Waals surface area (Å²) in [4.78, 5) is 22.1. The van der Waals surface area contributed by atoms with Crippen LogP contribution in [0.1, 0.15) is 18.5 Å². The van der Waals surface area contributed by atoms with Crippen molar-refractivity contribution in [1.82, 2.24) is 19.4 Å². The van der Waals surface area contributed by atoms with Crippen molar-refractivity contribution in [1.29, 1.82) is 0 Å². The van der Waals surface area contributed by atoms with Gasteiger partial charge in [-0.15, -0.1) is 0 Å². The predicted octanol–water partition coefficient (Wildman–Crippen LogP) is 3.68. The molecule has 6 nitrogen and oxygen atoms in total. The average molecular weight is 439 g/mol. The van der Waals surface area contributed by atoms with Crippen LogP contribution in [0, 0.1) is 0 Å². The van der Waals surface area contributed by atoms with Gasteiger partial charge in [-0.2, -0.15) is 0 Å². The Balaban J connectivity index is 1.34. The molecule has 1 saturated heterocycles. The number of benzene rings is 2. The molecule has 1 amide bonds. The van der Waals surface area contributed by atoms with Gasteiger partial charge in [0.1, 0.15) is 0 Å². The number of amides is 1. The Labute approximate surface area is 188 Å². The van der Waals surface area contributed by atoms with E-state index in [-0.39, 0.29) is 5.91 Å². The molecule has 1 aliphatic rings. The van der Waals surface area contributed by atoms with Crippen molar-refractivity contribution in [3.8, 4) is 0 Å². The van der Waals surface area contributed by atoms with E-state index in [2.05, 4.69) is 46.7 Å². The Morgan fingerprint density at radius 3 is 2.52 bits per heavy atom. The summed E-state index contributed by atoms with van der Waals surface area (Å²) < 4.78 is 7.41. The summed E-state index contributed by atoms with van der Waals surface area (Å²) in [5.41, 5.74) is 3.36. The number of thioether (sulfide) groups is 1. The second kappa shape index (κ2) is 10.3. The fourth-order valence-corrected chi connectivity index (χ4v) is 5.02. The van der Waals surface area contributed by atoms with E-state index in [1.54, 1.807) is 7.11 Å². The van der Waals surface area contributed by atoms with Crippen molar-refractivity contribution in [3.63, 3.8) is 0 Å². The first-order chi connectivity index (χ1) is 15.2. The van der Waals surface area contributed by atoms with Gasteiger partial charge in [-0.3, -0.25) is 9.69 Å².